The van der Waals surface area contributed by atoms with Gasteiger partial charge in [-0.05, 0) is 12.5 Å². The van der Waals surface area contributed by atoms with Crippen molar-refractivity contribution in [1.82, 2.24) is 5.32 Å². The second-order valence-electron chi connectivity index (χ2n) is 3.69. The topological polar surface area (TPSA) is 38.3 Å². The maximum absolute atomic E-state index is 11.6. The van der Waals surface area contributed by atoms with Gasteiger partial charge in [0, 0.05) is 12.1 Å². The Labute approximate surface area is 96.8 Å². The first-order valence-corrected chi connectivity index (χ1v) is 5.66. The first-order chi connectivity index (χ1) is 7.77. The van der Waals surface area contributed by atoms with Gasteiger partial charge in [0.15, 0.2) is 0 Å². The van der Waals surface area contributed by atoms with Crippen molar-refractivity contribution in [2.75, 3.05) is 13.7 Å². The molecule has 0 saturated heterocycles. The van der Waals surface area contributed by atoms with E-state index in [1.54, 1.807) is 7.11 Å². The van der Waals surface area contributed by atoms with E-state index in [0.717, 1.165) is 30.7 Å². The molecule has 0 saturated carbocycles. The third-order valence-electron chi connectivity index (χ3n) is 2.40. The summed E-state index contributed by atoms with van der Waals surface area (Å²) >= 11 is 0. The first kappa shape index (κ1) is 12.6. The normalized spacial score (nSPS) is 9.88. The molecule has 1 rings (SSSR count). The molecule has 3 heteroatoms. The van der Waals surface area contributed by atoms with Crippen LogP contribution in [0.5, 0.6) is 5.75 Å². The van der Waals surface area contributed by atoms with Crippen LogP contribution in [-0.4, -0.2) is 19.6 Å². The van der Waals surface area contributed by atoms with Gasteiger partial charge in [0.1, 0.15) is 5.75 Å². The highest BCUT2D eigenvalue weighted by molar-refractivity contribution is 5.79. The third kappa shape index (κ3) is 3.93. The average molecular weight is 221 g/mol. The SMILES string of the molecule is CCCCNC(=O)Cc1ccccc1OC. The predicted octanol–water partition coefficient (Wildman–Crippen LogP) is 2.15. The predicted molar refractivity (Wildman–Crippen MR) is 64.6 cm³/mol. The number of para-hydroxylation sites is 1. The maximum Gasteiger partial charge on any atom is 0.224 e. The smallest absolute Gasteiger partial charge is 0.224 e. The van der Waals surface area contributed by atoms with Gasteiger partial charge in [0.25, 0.3) is 0 Å². The van der Waals surface area contributed by atoms with Gasteiger partial charge in [0.2, 0.25) is 5.91 Å². The van der Waals surface area contributed by atoms with Crippen molar-refractivity contribution in [3.8, 4) is 5.75 Å². The fourth-order valence-electron chi connectivity index (χ4n) is 1.49. The lowest BCUT2D eigenvalue weighted by molar-refractivity contribution is -0.120. The quantitative estimate of drug-likeness (QED) is 0.747. The highest BCUT2D eigenvalue weighted by atomic mass is 16.5. The number of hydrogen-bond acceptors (Lipinski definition) is 2. The molecule has 1 amide bonds. The van der Waals surface area contributed by atoms with E-state index in [1.807, 2.05) is 24.3 Å². The van der Waals surface area contributed by atoms with Gasteiger partial charge in [-0.15, -0.1) is 0 Å². The number of methoxy groups -OCH3 is 1. The van der Waals surface area contributed by atoms with Gasteiger partial charge >= 0.3 is 0 Å². The number of nitrogens with one attached hydrogen (secondary N) is 1. The number of hydrogen-bond donors (Lipinski definition) is 1. The number of benzene rings is 1. The summed E-state index contributed by atoms with van der Waals surface area (Å²) in [5.41, 5.74) is 0.930. The number of amides is 1. The van der Waals surface area contributed by atoms with Gasteiger partial charge in [-0.1, -0.05) is 31.5 Å². The molecule has 0 aliphatic heterocycles. The molecule has 1 aromatic rings. The Bertz CT molecular complexity index is 336. The Balaban J connectivity index is 2.49. The minimum Gasteiger partial charge on any atom is -0.496 e. The van der Waals surface area contributed by atoms with E-state index < -0.39 is 0 Å². The Kier molecular flexibility index (Phi) is 5.40. The zero-order valence-electron chi connectivity index (χ0n) is 9.95. The largest absolute Gasteiger partial charge is 0.496 e. The number of unbranched alkanes of at least 4 members (excludes halogenated alkanes) is 1. The summed E-state index contributed by atoms with van der Waals surface area (Å²) < 4.78 is 5.19. The molecule has 0 aliphatic carbocycles. The molecule has 0 aromatic heterocycles. The standard InChI is InChI=1S/C13H19NO2/c1-3-4-9-14-13(15)10-11-7-5-6-8-12(11)16-2/h5-8H,3-4,9-10H2,1-2H3,(H,14,15). The van der Waals surface area contributed by atoms with Crippen LogP contribution in [-0.2, 0) is 11.2 Å². The number of carbonyl (C=O) groups excluding carboxylic acids is 1. The molecule has 1 aromatic carbocycles. The molecule has 0 aliphatic rings. The lowest BCUT2D eigenvalue weighted by atomic mass is 10.1. The molecular formula is C13H19NO2. The van der Waals surface area contributed by atoms with Crippen LogP contribution in [0.3, 0.4) is 0 Å². The minimum absolute atomic E-state index is 0.0537. The summed E-state index contributed by atoms with van der Waals surface area (Å²) in [5, 5.41) is 2.89. The monoisotopic (exact) mass is 221 g/mol. The van der Waals surface area contributed by atoms with E-state index in [1.165, 1.54) is 0 Å². The van der Waals surface area contributed by atoms with Crippen molar-refractivity contribution < 1.29 is 9.53 Å². The summed E-state index contributed by atoms with van der Waals surface area (Å²) in [4.78, 5) is 11.6. The molecule has 0 atom stereocenters. The highest BCUT2D eigenvalue weighted by Crippen LogP contribution is 2.17. The number of rotatable bonds is 6. The molecule has 16 heavy (non-hydrogen) atoms. The van der Waals surface area contributed by atoms with Gasteiger partial charge < -0.3 is 10.1 Å². The van der Waals surface area contributed by atoms with E-state index >= 15 is 0 Å². The molecule has 1 N–H and O–H groups in total. The van der Waals surface area contributed by atoms with Crippen LogP contribution in [0.1, 0.15) is 25.3 Å². The summed E-state index contributed by atoms with van der Waals surface area (Å²) in [6.07, 6.45) is 2.50. The Morgan fingerprint density at radius 1 is 1.38 bits per heavy atom. The Hall–Kier alpha value is -1.51. The Morgan fingerprint density at radius 2 is 2.12 bits per heavy atom. The molecule has 0 unspecified atom stereocenters. The molecule has 88 valence electrons. The summed E-state index contributed by atoms with van der Waals surface area (Å²) in [7, 11) is 1.62. The fraction of sp³-hybridized carbons (Fsp3) is 0.462. The molecule has 3 nitrogen and oxygen atoms in total. The lowest BCUT2D eigenvalue weighted by Crippen LogP contribution is -2.26. The fourth-order valence-corrected chi connectivity index (χ4v) is 1.49. The van der Waals surface area contributed by atoms with Crippen molar-refractivity contribution in [3.63, 3.8) is 0 Å². The number of carbonyl (C=O) groups is 1. The van der Waals surface area contributed by atoms with Gasteiger partial charge in [-0.2, -0.15) is 0 Å². The maximum atomic E-state index is 11.6. The number of ether oxygens (including phenoxy) is 1. The van der Waals surface area contributed by atoms with Crippen LogP contribution in [0, 0.1) is 0 Å². The highest BCUT2D eigenvalue weighted by Gasteiger charge is 2.06. The van der Waals surface area contributed by atoms with Crippen LogP contribution in [0.15, 0.2) is 24.3 Å². The van der Waals surface area contributed by atoms with E-state index in [9.17, 15) is 4.79 Å². The van der Waals surface area contributed by atoms with E-state index in [4.69, 9.17) is 4.74 Å². The van der Waals surface area contributed by atoms with Crippen molar-refractivity contribution >= 4 is 5.91 Å². The second-order valence-corrected chi connectivity index (χ2v) is 3.69. The van der Waals surface area contributed by atoms with E-state index in [-0.39, 0.29) is 5.91 Å². The van der Waals surface area contributed by atoms with Gasteiger partial charge in [-0.3, -0.25) is 4.79 Å². The van der Waals surface area contributed by atoms with Crippen LogP contribution in [0.25, 0.3) is 0 Å². The molecule has 0 fully saturated rings. The van der Waals surface area contributed by atoms with Crippen molar-refractivity contribution in [2.45, 2.75) is 26.2 Å². The minimum atomic E-state index is 0.0537. The van der Waals surface area contributed by atoms with E-state index in [2.05, 4.69) is 12.2 Å². The summed E-state index contributed by atoms with van der Waals surface area (Å²) in [6.45, 7) is 2.86. The zero-order valence-corrected chi connectivity index (χ0v) is 9.95. The second kappa shape index (κ2) is 6.88. The van der Waals surface area contributed by atoms with Crippen molar-refractivity contribution in [1.29, 1.82) is 0 Å². The van der Waals surface area contributed by atoms with Crippen molar-refractivity contribution in [2.24, 2.45) is 0 Å². The summed E-state index contributed by atoms with van der Waals surface area (Å²) in [5.74, 6) is 0.825. The van der Waals surface area contributed by atoms with Gasteiger partial charge in [0.05, 0.1) is 13.5 Å². The van der Waals surface area contributed by atoms with Crippen LogP contribution >= 0.6 is 0 Å². The molecule has 0 radical (unpaired) electrons. The molecular weight excluding hydrogens is 202 g/mol. The lowest BCUT2D eigenvalue weighted by Gasteiger charge is -2.08. The zero-order chi connectivity index (χ0) is 11.8. The van der Waals surface area contributed by atoms with Crippen LogP contribution < -0.4 is 10.1 Å². The van der Waals surface area contributed by atoms with Crippen LogP contribution in [0.2, 0.25) is 0 Å². The average Bonchev–Trinajstić information content (AvgIpc) is 2.30. The van der Waals surface area contributed by atoms with Gasteiger partial charge in [-0.25, -0.2) is 0 Å². The molecule has 0 heterocycles. The first-order valence-electron chi connectivity index (χ1n) is 5.66. The van der Waals surface area contributed by atoms with Crippen LogP contribution in [0.4, 0.5) is 0 Å². The Morgan fingerprint density at radius 3 is 2.81 bits per heavy atom. The third-order valence-corrected chi connectivity index (χ3v) is 2.40. The van der Waals surface area contributed by atoms with Crippen molar-refractivity contribution in [3.05, 3.63) is 29.8 Å². The molecule has 0 bridgehead atoms. The molecule has 0 spiro atoms. The van der Waals surface area contributed by atoms with E-state index in [0.29, 0.717) is 6.42 Å². The summed E-state index contributed by atoms with van der Waals surface area (Å²) in [6, 6.07) is 7.60.